The van der Waals surface area contributed by atoms with Gasteiger partial charge < -0.3 is 10.5 Å². The molecule has 5 nitrogen and oxygen atoms in total. The molecule has 126 valence electrons. The van der Waals surface area contributed by atoms with Gasteiger partial charge in [-0.3, -0.25) is 9.69 Å². The van der Waals surface area contributed by atoms with Gasteiger partial charge in [-0.2, -0.15) is 0 Å². The van der Waals surface area contributed by atoms with Gasteiger partial charge in [-0.05, 0) is 55.8 Å². The van der Waals surface area contributed by atoms with Gasteiger partial charge in [0, 0.05) is 19.1 Å². The largest absolute Gasteiger partial charge is 0.411 e. The zero-order chi connectivity index (χ0) is 16.7. The summed E-state index contributed by atoms with van der Waals surface area (Å²) in [6.07, 6.45) is 5.53. The van der Waals surface area contributed by atoms with E-state index in [9.17, 15) is 4.79 Å². The van der Waals surface area contributed by atoms with Crippen molar-refractivity contribution >= 4 is 12.1 Å². The Morgan fingerprint density at radius 1 is 1.48 bits per heavy atom. The quantitative estimate of drug-likeness (QED) is 0.498. The first-order valence-electron chi connectivity index (χ1n) is 8.44. The molecule has 1 amide bonds. The van der Waals surface area contributed by atoms with Crippen LogP contribution in [0.4, 0.5) is 0 Å². The summed E-state index contributed by atoms with van der Waals surface area (Å²) in [6.45, 7) is 6.96. The van der Waals surface area contributed by atoms with Crippen LogP contribution in [0.5, 0.6) is 0 Å². The maximum atomic E-state index is 11.5. The van der Waals surface area contributed by atoms with Crippen LogP contribution in [-0.2, 0) is 24.2 Å². The van der Waals surface area contributed by atoms with E-state index in [1.807, 2.05) is 6.92 Å². The molecule has 0 spiro atoms. The Morgan fingerprint density at radius 2 is 2.30 bits per heavy atom. The first-order chi connectivity index (χ1) is 11.1. The van der Waals surface area contributed by atoms with Gasteiger partial charge in [0.25, 0.3) is 5.91 Å². The highest BCUT2D eigenvalue weighted by Crippen LogP contribution is 2.22. The molecule has 1 aliphatic heterocycles. The number of oxime groups is 1. The SMILES string of the molecule is CCc1cccc2c1CCCCN(C[C@H](C)NC(=O)/C=N\O)C2. The molecule has 23 heavy (non-hydrogen) atoms. The van der Waals surface area contributed by atoms with E-state index in [-0.39, 0.29) is 11.9 Å². The number of hydrogen-bond acceptors (Lipinski definition) is 4. The Labute approximate surface area is 138 Å². The summed E-state index contributed by atoms with van der Waals surface area (Å²) in [5, 5.41) is 14.0. The average molecular weight is 317 g/mol. The second kappa shape index (κ2) is 8.67. The average Bonchev–Trinajstić information content (AvgIpc) is 2.49. The first-order valence-corrected chi connectivity index (χ1v) is 8.44. The minimum atomic E-state index is -0.360. The molecule has 0 aliphatic carbocycles. The Hall–Kier alpha value is -1.88. The zero-order valence-electron chi connectivity index (χ0n) is 14.1. The van der Waals surface area contributed by atoms with Crippen molar-refractivity contribution in [3.63, 3.8) is 0 Å². The summed E-state index contributed by atoms with van der Waals surface area (Å²) in [5.41, 5.74) is 4.40. The van der Waals surface area contributed by atoms with Crippen molar-refractivity contribution in [2.75, 3.05) is 13.1 Å². The van der Waals surface area contributed by atoms with Gasteiger partial charge in [0.2, 0.25) is 0 Å². The summed E-state index contributed by atoms with van der Waals surface area (Å²) < 4.78 is 0. The molecule has 1 aromatic rings. The number of carbonyl (C=O) groups excluding carboxylic acids is 1. The van der Waals surface area contributed by atoms with E-state index in [4.69, 9.17) is 5.21 Å². The number of benzene rings is 1. The highest BCUT2D eigenvalue weighted by molar-refractivity contribution is 6.26. The van der Waals surface area contributed by atoms with Crippen molar-refractivity contribution < 1.29 is 10.0 Å². The Kier molecular flexibility index (Phi) is 6.59. The lowest BCUT2D eigenvalue weighted by Crippen LogP contribution is -2.42. The van der Waals surface area contributed by atoms with Crippen LogP contribution in [0, 0.1) is 0 Å². The molecule has 5 heteroatoms. The number of hydrogen-bond donors (Lipinski definition) is 2. The van der Waals surface area contributed by atoms with Gasteiger partial charge in [0.05, 0.1) is 0 Å². The van der Waals surface area contributed by atoms with Gasteiger partial charge >= 0.3 is 0 Å². The molecular formula is C18H27N3O2. The summed E-state index contributed by atoms with van der Waals surface area (Å²) in [5.74, 6) is -0.360. The fourth-order valence-corrected chi connectivity index (χ4v) is 3.37. The number of rotatable bonds is 5. The molecule has 0 saturated carbocycles. The summed E-state index contributed by atoms with van der Waals surface area (Å²) in [4.78, 5) is 13.9. The van der Waals surface area contributed by atoms with Crippen LogP contribution in [0.3, 0.4) is 0 Å². The van der Waals surface area contributed by atoms with E-state index in [2.05, 4.69) is 40.5 Å². The zero-order valence-corrected chi connectivity index (χ0v) is 14.1. The predicted molar refractivity (Wildman–Crippen MR) is 91.9 cm³/mol. The topological polar surface area (TPSA) is 64.9 Å². The van der Waals surface area contributed by atoms with Crippen molar-refractivity contribution in [3.8, 4) is 0 Å². The van der Waals surface area contributed by atoms with Crippen molar-refractivity contribution in [1.82, 2.24) is 10.2 Å². The van der Waals surface area contributed by atoms with E-state index < -0.39 is 0 Å². The first kappa shape index (κ1) is 17.5. The Balaban J connectivity index is 2.04. The van der Waals surface area contributed by atoms with Crippen LogP contribution in [0.1, 0.15) is 43.4 Å². The van der Waals surface area contributed by atoms with Gasteiger partial charge in [-0.1, -0.05) is 30.3 Å². The maximum Gasteiger partial charge on any atom is 0.266 e. The second-order valence-electron chi connectivity index (χ2n) is 6.25. The third-order valence-electron chi connectivity index (χ3n) is 4.39. The smallest absolute Gasteiger partial charge is 0.266 e. The van der Waals surface area contributed by atoms with E-state index in [1.54, 1.807) is 0 Å². The van der Waals surface area contributed by atoms with Crippen molar-refractivity contribution in [2.45, 2.75) is 52.1 Å². The van der Waals surface area contributed by atoms with Gasteiger partial charge in [0.15, 0.2) is 0 Å². The van der Waals surface area contributed by atoms with E-state index in [1.165, 1.54) is 36.0 Å². The predicted octanol–water partition coefficient (Wildman–Crippen LogP) is 2.35. The van der Waals surface area contributed by atoms with Crippen LogP contribution in [0.15, 0.2) is 23.4 Å². The number of aryl methyl sites for hydroxylation is 1. The minimum absolute atomic E-state index is 0.0118. The summed E-state index contributed by atoms with van der Waals surface area (Å²) in [7, 11) is 0. The monoisotopic (exact) mass is 317 g/mol. The van der Waals surface area contributed by atoms with E-state index >= 15 is 0 Å². The number of nitrogens with zero attached hydrogens (tertiary/aromatic N) is 2. The Morgan fingerprint density at radius 3 is 3.04 bits per heavy atom. The lowest BCUT2D eigenvalue weighted by atomic mass is 9.93. The highest BCUT2D eigenvalue weighted by atomic mass is 16.4. The van der Waals surface area contributed by atoms with E-state index in [0.29, 0.717) is 0 Å². The molecule has 1 heterocycles. The molecule has 0 aromatic heterocycles. The number of carbonyl (C=O) groups is 1. The number of amides is 1. The van der Waals surface area contributed by atoms with Gasteiger partial charge in [-0.25, -0.2) is 0 Å². The van der Waals surface area contributed by atoms with Crippen LogP contribution >= 0.6 is 0 Å². The summed E-state index contributed by atoms with van der Waals surface area (Å²) >= 11 is 0. The molecule has 1 aromatic carbocycles. The molecule has 1 atom stereocenters. The van der Waals surface area contributed by atoms with Crippen molar-refractivity contribution in [3.05, 3.63) is 34.9 Å². The molecule has 0 radical (unpaired) electrons. The third kappa shape index (κ3) is 5.06. The third-order valence-corrected chi connectivity index (χ3v) is 4.39. The van der Waals surface area contributed by atoms with Crippen LogP contribution in [-0.4, -0.2) is 41.4 Å². The van der Waals surface area contributed by atoms with Crippen molar-refractivity contribution in [1.29, 1.82) is 0 Å². The molecule has 0 saturated heterocycles. The molecule has 0 unspecified atom stereocenters. The van der Waals surface area contributed by atoms with E-state index in [0.717, 1.165) is 32.3 Å². The fraction of sp³-hybridized carbons (Fsp3) is 0.556. The van der Waals surface area contributed by atoms with Crippen LogP contribution in [0.25, 0.3) is 0 Å². The molecule has 1 aliphatic rings. The maximum absolute atomic E-state index is 11.5. The Bertz CT molecular complexity index is 557. The van der Waals surface area contributed by atoms with Gasteiger partial charge in [0.1, 0.15) is 6.21 Å². The normalized spacial score (nSPS) is 17.3. The van der Waals surface area contributed by atoms with Crippen molar-refractivity contribution in [2.24, 2.45) is 5.16 Å². The lowest BCUT2D eigenvalue weighted by Gasteiger charge is -2.29. The number of nitrogens with one attached hydrogen (secondary N) is 1. The van der Waals surface area contributed by atoms with Crippen LogP contribution in [0.2, 0.25) is 0 Å². The standard InChI is InChI=1S/C18H27N3O2/c1-3-15-7-6-8-16-13-21(10-5-4-9-17(15)16)12-14(2)20-18(22)11-19-23/h6-8,11,14,23H,3-5,9-10,12-13H2,1-2H3,(H,20,22)/b19-11-/t14-/m0/s1. The lowest BCUT2D eigenvalue weighted by molar-refractivity contribution is -0.115. The van der Waals surface area contributed by atoms with Crippen LogP contribution < -0.4 is 5.32 Å². The molecule has 2 N–H and O–H groups in total. The second-order valence-corrected chi connectivity index (χ2v) is 6.25. The number of fused-ring (bicyclic) bond motifs is 1. The highest BCUT2D eigenvalue weighted by Gasteiger charge is 2.17. The fourth-order valence-electron chi connectivity index (χ4n) is 3.37. The minimum Gasteiger partial charge on any atom is -0.411 e. The molecular weight excluding hydrogens is 290 g/mol. The van der Waals surface area contributed by atoms with Gasteiger partial charge in [-0.15, -0.1) is 0 Å². The summed E-state index contributed by atoms with van der Waals surface area (Å²) in [6, 6.07) is 6.63. The molecule has 2 rings (SSSR count). The molecule has 0 fully saturated rings. The molecule has 0 bridgehead atoms.